The van der Waals surface area contributed by atoms with Gasteiger partial charge in [-0.2, -0.15) is 5.26 Å². The van der Waals surface area contributed by atoms with Crippen molar-refractivity contribution in [1.82, 2.24) is 4.98 Å². The van der Waals surface area contributed by atoms with Crippen LogP contribution in [0.15, 0.2) is 42.6 Å². The van der Waals surface area contributed by atoms with Gasteiger partial charge >= 0.3 is 0 Å². The zero-order valence-electron chi connectivity index (χ0n) is 8.97. The van der Waals surface area contributed by atoms with Crippen molar-refractivity contribution < 1.29 is 0 Å². The van der Waals surface area contributed by atoms with Crippen molar-refractivity contribution in [3.63, 3.8) is 0 Å². The Morgan fingerprint density at radius 2 is 1.94 bits per heavy atom. The van der Waals surface area contributed by atoms with E-state index in [4.69, 9.17) is 16.9 Å². The van der Waals surface area contributed by atoms with E-state index in [2.05, 4.69) is 4.98 Å². The second kappa shape index (κ2) is 5.29. The van der Waals surface area contributed by atoms with E-state index in [1.165, 1.54) is 0 Å². The fourth-order valence-corrected chi connectivity index (χ4v) is 1.57. The number of hydrogen-bond acceptors (Lipinski definition) is 2. The van der Waals surface area contributed by atoms with Crippen LogP contribution < -0.4 is 0 Å². The summed E-state index contributed by atoms with van der Waals surface area (Å²) in [6.07, 6.45) is 5.55. The van der Waals surface area contributed by atoms with Crippen LogP contribution in [-0.4, -0.2) is 4.98 Å². The molecule has 1 aromatic heterocycles. The molecule has 0 N–H and O–H groups in total. The van der Waals surface area contributed by atoms with Gasteiger partial charge < -0.3 is 0 Å². The topological polar surface area (TPSA) is 36.7 Å². The second-order valence-corrected chi connectivity index (χ2v) is 3.91. The van der Waals surface area contributed by atoms with Crippen molar-refractivity contribution in [2.24, 2.45) is 0 Å². The van der Waals surface area contributed by atoms with Gasteiger partial charge in [0.15, 0.2) is 0 Å². The zero-order chi connectivity index (χ0) is 12.1. The van der Waals surface area contributed by atoms with Crippen LogP contribution in [0.5, 0.6) is 0 Å². The Hall–Kier alpha value is -2.11. The van der Waals surface area contributed by atoms with Gasteiger partial charge in [0.2, 0.25) is 0 Å². The average Bonchev–Trinajstić information content (AvgIpc) is 2.37. The summed E-state index contributed by atoms with van der Waals surface area (Å²) >= 11 is 5.88. The maximum Gasteiger partial charge on any atom is 0.140 e. The van der Waals surface area contributed by atoms with E-state index < -0.39 is 0 Å². The molecule has 0 bridgehead atoms. The highest BCUT2D eigenvalue weighted by molar-refractivity contribution is 6.30. The Morgan fingerprint density at radius 3 is 2.59 bits per heavy atom. The largest absolute Gasteiger partial charge is 0.245 e. The standard InChI is InChI=1S/C14H9ClN2/c15-13-3-1-2-11(8-13)4-5-12-6-7-14(9-16)17-10-12/h1-8,10H. The van der Waals surface area contributed by atoms with Gasteiger partial charge in [0.1, 0.15) is 11.8 Å². The molecule has 0 aliphatic carbocycles. The summed E-state index contributed by atoms with van der Waals surface area (Å²) in [6.45, 7) is 0. The maximum atomic E-state index is 8.62. The molecule has 0 fully saturated rings. The number of aromatic nitrogens is 1. The SMILES string of the molecule is N#Cc1ccc(C=Cc2cccc(Cl)c2)cn1. The Labute approximate surface area is 105 Å². The summed E-state index contributed by atoms with van der Waals surface area (Å²) in [5.74, 6) is 0. The number of rotatable bonds is 2. The van der Waals surface area contributed by atoms with Gasteiger partial charge in [-0.25, -0.2) is 4.98 Å². The first-order valence-corrected chi connectivity index (χ1v) is 5.45. The third kappa shape index (κ3) is 3.17. The number of benzene rings is 1. The Kier molecular flexibility index (Phi) is 3.54. The zero-order valence-corrected chi connectivity index (χ0v) is 9.72. The van der Waals surface area contributed by atoms with Gasteiger partial charge in [0.25, 0.3) is 0 Å². The highest BCUT2D eigenvalue weighted by atomic mass is 35.5. The van der Waals surface area contributed by atoms with Gasteiger partial charge in [0.05, 0.1) is 0 Å². The lowest BCUT2D eigenvalue weighted by atomic mass is 10.1. The van der Waals surface area contributed by atoms with Crippen LogP contribution in [0.1, 0.15) is 16.8 Å². The first-order valence-electron chi connectivity index (χ1n) is 5.08. The summed E-state index contributed by atoms with van der Waals surface area (Å²) in [6, 6.07) is 13.1. The van der Waals surface area contributed by atoms with Crippen LogP contribution in [0.2, 0.25) is 5.02 Å². The monoisotopic (exact) mass is 240 g/mol. The molecule has 0 aliphatic rings. The number of hydrogen-bond donors (Lipinski definition) is 0. The van der Waals surface area contributed by atoms with Crippen LogP contribution in [0.3, 0.4) is 0 Å². The molecule has 0 unspecified atom stereocenters. The minimum atomic E-state index is 0.421. The Morgan fingerprint density at radius 1 is 1.12 bits per heavy atom. The Bertz CT molecular complexity index is 580. The van der Waals surface area contributed by atoms with Gasteiger partial charge in [-0.3, -0.25) is 0 Å². The quantitative estimate of drug-likeness (QED) is 0.801. The second-order valence-electron chi connectivity index (χ2n) is 3.48. The molecule has 17 heavy (non-hydrogen) atoms. The lowest BCUT2D eigenvalue weighted by Gasteiger charge is -1.95. The normalized spacial score (nSPS) is 10.4. The molecule has 2 nitrogen and oxygen atoms in total. The number of nitrogens with zero attached hydrogens (tertiary/aromatic N) is 2. The molecule has 0 saturated heterocycles. The van der Waals surface area contributed by atoms with Gasteiger partial charge in [-0.15, -0.1) is 0 Å². The number of nitriles is 1. The lowest BCUT2D eigenvalue weighted by Crippen LogP contribution is -1.81. The summed E-state index contributed by atoms with van der Waals surface area (Å²) in [5, 5.41) is 9.33. The molecule has 0 amide bonds. The van der Waals surface area contributed by atoms with Crippen LogP contribution >= 0.6 is 11.6 Å². The van der Waals surface area contributed by atoms with E-state index in [0.717, 1.165) is 11.1 Å². The molecule has 0 aliphatic heterocycles. The van der Waals surface area contributed by atoms with E-state index in [-0.39, 0.29) is 0 Å². The van der Waals surface area contributed by atoms with Crippen LogP contribution in [-0.2, 0) is 0 Å². The fraction of sp³-hybridized carbons (Fsp3) is 0. The molecule has 0 radical (unpaired) electrons. The highest BCUT2D eigenvalue weighted by Gasteiger charge is 1.92. The molecule has 0 atom stereocenters. The molecule has 2 rings (SSSR count). The molecule has 1 aromatic carbocycles. The van der Waals surface area contributed by atoms with Gasteiger partial charge in [0, 0.05) is 11.2 Å². The lowest BCUT2D eigenvalue weighted by molar-refractivity contribution is 1.26. The summed E-state index contributed by atoms with van der Waals surface area (Å²) in [4.78, 5) is 3.99. The van der Waals surface area contributed by atoms with Crippen molar-refractivity contribution in [2.75, 3.05) is 0 Å². The van der Waals surface area contributed by atoms with Crippen molar-refractivity contribution in [2.45, 2.75) is 0 Å². The third-order valence-corrected chi connectivity index (χ3v) is 2.45. The summed E-state index contributed by atoms with van der Waals surface area (Å²) in [5.41, 5.74) is 2.40. The van der Waals surface area contributed by atoms with E-state index >= 15 is 0 Å². The van der Waals surface area contributed by atoms with E-state index in [1.807, 2.05) is 48.6 Å². The minimum absolute atomic E-state index is 0.421. The van der Waals surface area contributed by atoms with Gasteiger partial charge in [-0.1, -0.05) is 42.0 Å². The van der Waals surface area contributed by atoms with E-state index in [9.17, 15) is 0 Å². The van der Waals surface area contributed by atoms with Crippen molar-refractivity contribution in [1.29, 1.82) is 5.26 Å². The molecular weight excluding hydrogens is 232 g/mol. The van der Waals surface area contributed by atoms with Crippen LogP contribution in [0.4, 0.5) is 0 Å². The Balaban J connectivity index is 2.17. The summed E-state index contributed by atoms with van der Waals surface area (Å²) in [7, 11) is 0. The smallest absolute Gasteiger partial charge is 0.140 e. The summed E-state index contributed by atoms with van der Waals surface area (Å²) < 4.78 is 0. The van der Waals surface area contributed by atoms with Crippen LogP contribution in [0, 0.1) is 11.3 Å². The fourth-order valence-electron chi connectivity index (χ4n) is 1.37. The maximum absolute atomic E-state index is 8.62. The predicted molar refractivity (Wildman–Crippen MR) is 69.3 cm³/mol. The van der Waals surface area contributed by atoms with E-state index in [1.54, 1.807) is 12.3 Å². The minimum Gasteiger partial charge on any atom is -0.245 e. The predicted octanol–water partition coefficient (Wildman–Crippen LogP) is 3.78. The van der Waals surface area contributed by atoms with E-state index in [0.29, 0.717) is 10.7 Å². The molecule has 1 heterocycles. The highest BCUT2D eigenvalue weighted by Crippen LogP contribution is 2.13. The third-order valence-electron chi connectivity index (χ3n) is 2.22. The van der Waals surface area contributed by atoms with Crippen molar-refractivity contribution >= 4 is 23.8 Å². The van der Waals surface area contributed by atoms with Crippen molar-refractivity contribution in [3.8, 4) is 6.07 Å². The first kappa shape index (κ1) is 11.4. The molecule has 0 spiro atoms. The van der Waals surface area contributed by atoms with Gasteiger partial charge in [-0.05, 0) is 29.3 Å². The molecule has 3 heteroatoms. The molecule has 2 aromatic rings. The number of halogens is 1. The first-order chi connectivity index (χ1) is 8.28. The average molecular weight is 241 g/mol. The van der Waals surface area contributed by atoms with Crippen molar-refractivity contribution in [3.05, 3.63) is 64.4 Å². The molecular formula is C14H9ClN2. The molecule has 82 valence electrons. The van der Waals surface area contributed by atoms with Crippen LogP contribution in [0.25, 0.3) is 12.2 Å². The molecule has 0 saturated carbocycles. The number of pyridine rings is 1.